The second-order valence-electron chi connectivity index (χ2n) is 2.98. The average molecular weight is 161 g/mol. The summed E-state index contributed by atoms with van der Waals surface area (Å²) in [5.74, 6) is 0. The summed E-state index contributed by atoms with van der Waals surface area (Å²) in [6.07, 6.45) is 1.59. The lowest BCUT2D eigenvalue weighted by Crippen LogP contribution is -2.05. The van der Waals surface area contributed by atoms with Crippen molar-refractivity contribution in [3.8, 4) is 0 Å². The molecule has 0 N–H and O–H groups in total. The molecule has 10 heavy (non-hydrogen) atoms. The van der Waals surface area contributed by atoms with Gasteiger partial charge in [0.05, 0.1) is 11.5 Å². The third kappa shape index (κ3) is 1.99. The van der Waals surface area contributed by atoms with E-state index in [1.165, 1.54) is 5.57 Å². The van der Waals surface area contributed by atoms with Crippen molar-refractivity contribution in [1.82, 2.24) is 0 Å². The number of halogens is 1. The van der Waals surface area contributed by atoms with Crippen LogP contribution < -0.4 is 0 Å². The molecule has 1 saturated heterocycles. The SMILES string of the molecule is C=C(C)CC1OC1C(C)Cl. The summed E-state index contributed by atoms with van der Waals surface area (Å²) in [6, 6.07) is 0. The predicted octanol–water partition coefficient (Wildman–Crippen LogP) is 2.35. The van der Waals surface area contributed by atoms with Gasteiger partial charge in [-0.1, -0.05) is 5.57 Å². The van der Waals surface area contributed by atoms with E-state index in [-0.39, 0.29) is 11.5 Å². The Balaban J connectivity index is 2.19. The predicted molar refractivity (Wildman–Crippen MR) is 43.4 cm³/mol. The molecule has 0 aromatic rings. The molecule has 3 atom stereocenters. The highest BCUT2D eigenvalue weighted by Gasteiger charge is 2.41. The number of ether oxygens (including phenoxy) is 1. The number of hydrogen-bond acceptors (Lipinski definition) is 1. The zero-order valence-electron chi connectivity index (χ0n) is 6.43. The van der Waals surface area contributed by atoms with Gasteiger partial charge >= 0.3 is 0 Å². The van der Waals surface area contributed by atoms with Gasteiger partial charge in [0.1, 0.15) is 6.10 Å². The zero-order valence-corrected chi connectivity index (χ0v) is 7.19. The van der Waals surface area contributed by atoms with Crippen LogP contribution >= 0.6 is 11.6 Å². The van der Waals surface area contributed by atoms with Crippen LogP contribution in [0.5, 0.6) is 0 Å². The van der Waals surface area contributed by atoms with Crippen LogP contribution in [0.25, 0.3) is 0 Å². The summed E-state index contributed by atoms with van der Waals surface area (Å²) in [4.78, 5) is 0. The van der Waals surface area contributed by atoms with E-state index in [0.717, 1.165) is 6.42 Å². The van der Waals surface area contributed by atoms with Crippen molar-refractivity contribution >= 4 is 11.6 Å². The van der Waals surface area contributed by atoms with E-state index in [2.05, 4.69) is 6.58 Å². The number of epoxide rings is 1. The maximum Gasteiger partial charge on any atom is 0.101 e. The zero-order chi connectivity index (χ0) is 7.72. The van der Waals surface area contributed by atoms with Crippen molar-refractivity contribution in [3.63, 3.8) is 0 Å². The van der Waals surface area contributed by atoms with Crippen molar-refractivity contribution in [2.75, 3.05) is 0 Å². The van der Waals surface area contributed by atoms with E-state index >= 15 is 0 Å². The quantitative estimate of drug-likeness (QED) is 0.351. The molecule has 0 aromatic carbocycles. The minimum absolute atomic E-state index is 0.143. The largest absolute Gasteiger partial charge is 0.368 e. The standard InChI is InChI=1S/C8H13ClO/c1-5(2)4-7-8(10-7)6(3)9/h6-8H,1,4H2,2-3H3. The van der Waals surface area contributed by atoms with Crippen LogP contribution in [-0.2, 0) is 4.74 Å². The first-order valence-corrected chi connectivity index (χ1v) is 3.99. The third-order valence-corrected chi connectivity index (χ3v) is 1.87. The van der Waals surface area contributed by atoms with E-state index < -0.39 is 0 Å². The van der Waals surface area contributed by atoms with E-state index in [4.69, 9.17) is 16.3 Å². The Hall–Kier alpha value is -0.0100. The van der Waals surface area contributed by atoms with Crippen LogP contribution in [0.3, 0.4) is 0 Å². The van der Waals surface area contributed by atoms with E-state index in [1.807, 2.05) is 13.8 Å². The van der Waals surface area contributed by atoms with Gasteiger partial charge in [-0.15, -0.1) is 18.2 Å². The Morgan fingerprint density at radius 3 is 2.70 bits per heavy atom. The molecule has 1 rings (SSSR count). The van der Waals surface area contributed by atoms with Gasteiger partial charge in [0.15, 0.2) is 0 Å². The second kappa shape index (κ2) is 2.93. The lowest BCUT2D eigenvalue weighted by atomic mass is 10.1. The van der Waals surface area contributed by atoms with Crippen LogP contribution in [0.1, 0.15) is 20.3 Å². The molecule has 0 radical (unpaired) electrons. The summed E-state index contributed by atoms with van der Waals surface area (Å²) in [5.41, 5.74) is 1.17. The van der Waals surface area contributed by atoms with E-state index in [9.17, 15) is 0 Å². The summed E-state index contributed by atoms with van der Waals surface area (Å²) >= 11 is 5.80. The molecular formula is C8H13ClO. The van der Waals surface area contributed by atoms with Crippen molar-refractivity contribution in [2.24, 2.45) is 0 Å². The van der Waals surface area contributed by atoms with Gasteiger partial charge in [0, 0.05) is 0 Å². The fraction of sp³-hybridized carbons (Fsp3) is 0.750. The Morgan fingerprint density at radius 1 is 1.80 bits per heavy atom. The molecule has 0 saturated carbocycles. The molecule has 3 unspecified atom stereocenters. The van der Waals surface area contributed by atoms with E-state index in [0.29, 0.717) is 6.10 Å². The highest BCUT2D eigenvalue weighted by Crippen LogP contribution is 2.32. The van der Waals surface area contributed by atoms with Gasteiger partial charge in [-0.2, -0.15) is 0 Å². The molecule has 0 aromatic heterocycles. The van der Waals surface area contributed by atoms with Gasteiger partial charge in [-0.25, -0.2) is 0 Å². The minimum atomic E-state index is 0.143. The van der Waals surface area contributed by atoms with Gasteiger partial charge in [0.25, 0.3) is 0 Å². The highest BCUT2D eigenvalue weighted by molar-refractivity contribution is 6.21. The molecule has 1 aliphatic rings. The van der Waals surface area contributed by atoms with Crippen molar-refractivity contribution in [1.29, 1.82) is 0 Å². The fourth-order valence-electron chi connectivity index (χ4n) is 1.07. The summed E-state index contributed by atoms with van der Waals surface area (Å²) in [6.45, 7) is 7.78. The van der Waals surface area contributed by atoms with E-state index in [1.54, 1.807) is 0 Å². The Labute approximate surface area is 67.0 Å². The van der Waals surface area contributed by atoms with Crippen molar-refractivity contribution < 1.29 is 4.74 Å². The van der Waals surface area contributed by atoms with Gasteiger partial charge < -0.3 is 4.74 Å². The molecular weight excluding hydrogens is 148 g/mol. The Morgan fingerprint density at radius 2 is 2.40 bits per heavy atom. The molecule has 58 valence electrons. The van der Waals surface area contributed by atoms with Gasteiger partial charge in [-0.3, -0.25) is 0 Å². The Kier molecular flexibility index (Phi) is 2.37. The molecule has 0 spiro atoms. The molecule has 0 bridgehead atoms. The average Bonchev–Trinajstić information content (AvgIpc) is 2.43. The molecule has 1 aliphatic heterocycles. The minimum Gasteiger partial charge on any atom is -0.368 e. The maximum absolute atomic E-state index is 5.80. The van der Waals surface area contributed by atoms with Crippen molar-refractivity contribution in [2.45, 2.75) is 37.9 Å². The third-order valence-electron chi connectivity index (χ3n) is 1.62. The second-order valence-corrected chi connectivity index (χ2v) is 3.67. The van der Waals surface area contributed by atoms with Crippen LogP contribution in [0, 0.1) is 0 Å². The van der Waals surface area contributed by atoms with Crippen LogP contribution in [0.15, 0.2) is 12.2 Å². The summed E-state index contributed by atoms with van der Waals surface area (Å²) in [7, 11) is 0. The normalized spacial score (nSPS) is 33.5. The van der Waals surface area contributed by atoms with Gasteiger partial charge in [-0.05, 0) is 20.3 Å². The van der Waals surface area contributed by atoms with Crippen LogP contribution in [0.4, 0.5) is 0 Å². The number of alkyl halides is 1. The smallest absolute Gasteiger partial charge is 0.101 e. The molecule has 2 heteroatoms. The lowest BCUT2D eigenvalue weighted by molar-refractivity contribution is 0.367. The number of rotatable bonds is 3. The monoisotopic (exact) mass is 160 g/mol. The molecule has 1 fully saturated rings. The number of hydrogen-bond donors (Lipinski definition) is 0. The first-order valence-electron chi connectivity index (χ1n) is 3.55. The fourth-order valence-corrected chi connectivity index (χ4v) is 1.29. The highest BCUT2D eigenvalue weighted by atomic mass is 35.5. The first kappa shape index (κ1) is 8.09. The maximum atomic E-state index is 5.80. The van der Waals surface area contributed by atoms with Gasteiger partial charge in [0.2, 0.25) is 0 Å². The van der Waals surface area contributed by atoms with Crippen LogP contribution in [-0.4, -0.2) is 17.6 Å². The molecule has 0 aliphatic carbocycles. The summed E-state index contributed by atoms with van der Waals surface area (Å²) < 4.78 is 5.30. The Bertz CT molecular complexity index is 142. The molecule has 1 heterocycles. The topological polar surface area (TPSA) is 12.5 Å². The lowest BCUT2D eigenvalue weighted by Gasteiger charge is -1.94. The summed E-state index contributed by atoms with van der Waals surface area (Å²) in [5, 5.41) is 0.143. The van der Waals surface area contributed by atoms with Crippen molar-refractivity contribution in [3.05, 3.63) is 12.2 Å². The first-order chi connectivity index (χ1) is 4.61. The van der Waals surface area contributed by atoms with Crippen LogP contribution in [0.2, 0.25) is 0 Å². The molecule has 0 amide bonds. The molecule has 1 nitrogen and oxygen atoms in total.